The normalized spacial score (nSPS) is 10.0. The van der Waals surface area contributed by atoms with Gasteiger partial charge in [-0.1, -0.05) is 0 Å². The number of hydrogen-bond donors (Lipinski definition) is 2. The van der Waals surface area contributed by atoms with Crippen molar-refractivity contribution in [2.24, 2.45) is 18.5 Å². The van der Waals surface area contributed by atoms with Crippen molar-refractivity contribution in [2.45, 2.75) is 6.92 Å². The fourth-order valence-corrected chi connectivity index (χ4v) is 1.43. The quantitative estimate of drug-likeness (QED) is 0.644. The second-order valence-corrected chi connectivity index (χ2v) is 3.18. The fourth-order valence-electron chi connectivity index (χ4n) is 1.43. The van der Waals surface area contributed by atoms with Gasteiger partial charge in [-0.25, -0.2) is 0 Å². The third-order valence-electron chi connectivity index (χ3n) is 2.11. The number of hydrogen-bond acceptors (Lipinski definition) is 3. The second-order valence-electron chi connectivity index (χ2n) is 3.18. The van der Waals surface area contributed by atoms with Crippen molar-refractivity contribution in [1.82, 2.24) is 4.57 Å². The number of nitrogens with zero attached hydrogens (tertiary/aromatic N) is 1. The first-order chi connectivity index (χ1) is 6.86. The minimum atomic E-state index is -0.824. The van der Waals surface area contributed by atoms with E-state index in [1.807, 2.05) is 0 Å². The highest BCUT2D eigenvalue weighted by atomic mass is 16.2. The molecule has 0 aromatic carbocycles. The van der Waals surface area contributed by atoms with Crippen LogP contribution in [-0.2, 0) is 7.05 Å². The van der Waals surface area contributed by atoms with Crippen molar-refractivity contribution < 1.29 is 9.59 Å². The van der Waals surface area contributed by atoms with E-state index in [9.17, 15) is 14.4 Å². The molecule has 0 aliphatic heterocycles. The van der Waals surface area contributed by atoms with Crippen LogP contribution in [-0.4, -0.2) is 16.4 Å². The van der Waals surface area contributed by atoms with Crippen molar-refractivity contribution in [3.05, 3.63) is 33.2 Å². The molecule has 0 aliphatic carbocycles. The summed E-state index contributed by atoms with van der Waals surface area (Å²) in [5, 5.41) is 0. The van der Waals surface area contributed by atoms with Crippen molar-refractivity contribution in [3.63, 3.8) is 0 Å². The molecule has 2 amide bonds. The maximum Gasteiger partial charge on any atom is 0.265 e. The molecule has 6 nitrogen and oxygen atoms in total. The van der Waals surface area contributed by atoms with Gasteiger partial charge in [0.25, 0.3) is 11.8 Å². The summed E-state index contributed by atoms with van der Waals surface area (Å²) in [5.41, 5.74) is 9.59. The maximum atomic E-state index is 11.6. The van der Waals surface area contributed by atoms with Crippen LogP contribution in [0.3, 0.4) is 0 Å². The van der Waals surface area contributed by atoms with E-state index in [1.54, 1.807) is 0 Å². The van der Waals surface area contributed by atoms with E-state index in [4.69, 9.17) is 11.5 Å². The summed E-state index contributed by atoms with van der Waals surface area (Å²) in [5.74, 6) is -1.54. The summed E-state index contributed by atoms with van der Waals surface area (Å²) in [6, 6.07) is 0. The van der Waals surface area contributed by atoms with Gasteiger partial charge in [-0.2, -0.15) is 0 Å². The molecular weight excluding hydrogens is 198 g/mol. The lowest BCUT2D eigenvalue weighted by molar-refractivity contribution is 0.0979. The zero-order chi connectivity index (χ0) is 11.7. The van der Waals surface area contributed by atoms with Crippen LogP contribution < -0.4 is 16.9 Å². The number of primary amides is 2. The zero-order valence-corrected chi connectivity index (χ0v) is 8.40. The van der Waals surface area contributed by atoms with Crippen LogP contribution in [0.2, 0.25) is 0 Å². The summed E-state index contributed by atoms with van der Waals surface area (Å²) < 4.78 is 1.32. The Morgan fingerprint density at radius 1 is 1.27 bits per heavy atom. The van der Waals surface area contributed by atoms with Crippen molar-refractivity contribution in [3.8, 4) is 0 Å². The van der Waals surface area contributed by atoms with Gasteiger partial charge < -0.3 is 16.0 Å². The lowest BCUT2D eigenvalue weighted by Crippen LogP contribution is -2.30. The Morgan fingerprint density at radius 2 is 1.80 bits per heavy atom. The van der Waals surface area contributed by atoms with Crippen LogP contribution in [0, 0.1) is 6.92 Å². The first-order valence-electron chi connectivity index (χ1n) is 4.16. The minimum absolute atomic E-state index is 0.0741. The van der Waals surface area contributed by atoms with Gasteiger partial charge in [0.05, 0.1) is 0 Å². The highest BCUT2D eigenvalue weighted by Gasteiger charge is 2.16. The molecule has 4 N–H and O–H groups in total. The molecule has 15 heavy (non-hydrogen) atoms. The molecule has 0 unspecified atom stereocenters. The predicted octanol–water partition coefficient (Wildman–Crippen LogP) is -1.11. The number of aryl methyl sites for hydroxylation is 1. The van der Waals surface area contributed by atoms with E-state index in [0.29, 0.717) is 0 Å². The Labute approximate surface area is 85.5 Å². The van der Waals surface area contributed by atoms with Gasteiger partial charge in [0.2, 0.25) is 0 Å². The highest BCUT2D eigenvalue weighted by Crippen LogP contribution is 2.03. The van der Waals surface area contributed by atoms with Crippen LogP contribution >= 0.6 is 0 Å². The number of carbonyl (C=O) groups excluding carboxylic acids is 2. The molecule has 6 heteroatoms. The second kappa shape index (κ2) is 3.56. The molecule has 0 bridgehead atoms. The molecular formula is C9H11N3O3. The molecule has 80 valence electrons. The van der Waals surface area contributed by atoms with E-state index in [-0.39, 0.29) is 16.8 Å². The van der Waals surface area contributed by atoms with Crippen LogP contribution in [0.25, 0.3) is 0 Å². The van der Waals surface area contributed by atoms with Crippen LogP contribution in [0.4, 0.5) is 0 Å². The number of pyridine rings is 1. The molecule has 0 saturated carbocycles. The van der Waals surface area contributed by atoms with Gasteiger partial charge in [0, 0.05) is 18.8 Å². The number of carbonyl (C=O) groups is 2. The Balaban J connectivity index is 3.66. The summed E-state index contributed by atoms with van der Waals surface area (Å²) in [7, 11) is 1.51. The molecule has 1 aromatic heterocycles. The van der Waals surface area contributed by atoms with Gasteiger partial charge in [-0.05, 0) is 6.92 Å². The van der Waals surface area contributed by atoms with Gasteiger partial charge in [0.15, 0.2) is 5.43 Å². The first kappa shape index (κ1) is 11.0. The molecule has 1 aromatic rings. The van der Waals surface area contributed by atoms with E-state index >= 15 is 0 Å². The summed E-state index contributed by atoms with van der Waals surface area (Å²) in [6.45, 7) is 1.43. The van der Waals surface area contributed by atoms with Gasteiger partial charge >= 0.3 is 0 Å². The van der Waals surface area contributed by atoms with Crippen LogP contribution in [0.15, 0.2) is 11.0 Å². The van der Waals surface area contributed by atoms with Crippen LogP contribution in [0.5, 0.6) is 0 Å². The zero-order valence-electron chi connectivity index (χ0n) is 8.40. The minimum Gasteiger partial charge on any atom is -0.365 e. The number of rotatable bonds is 2. The number of nitrogens with two attached hydrogens (primary N) is 2. The maximum absolute atomic E-state index is 11.6. The molecule has 1 rings (SSSR count). The topological polar surface area (TPSA) is 108 Å². The van der Waals surface area contributed by atoms with Crippen molar-refractivity contribution in [1.29, 1.82) is 0 Å². The van der Waals surface area contributed by atoms with Gasteiger partial charge in [0.1, 0.15) is 11.3 Å². The average molecular weight is 209 g/mol. The average Bonchev–Trinajstić information content (AvgIpc) is 2.10. The smallest absolute Gasteiger partial charge is 0.265 e. The molecule has 0 atom stereocenters. The predicted molar refractivity (Wildman–Crippen MR) is 53.5 cm³/mol. The number of amides is 2. The third-order valence-corrected chi connectivity index (χ3v) is 2.11. The largest absolute Gasteiger partial charge is 0.365 e. The Bertz CT molecular complexity index is 502. The Kier molecular flexibility index (Phi) is 2.61. The Hall–Kier alpha value is -2.11. The molecule has 0 saturated heterocycles. The van der Waals surface area contributed by atoms with E-state index in [2.05, 4.69) is 0 Å². The lowest BCUT2D eigenvalue weighted by atomic mass is 10.1. The summed E-state index contributed by atoms with van der Waals surface area (Å²) in [6.07, 6.45) is 1.21. The van der Waals surface area contributed by atoms with Crippen LogP contribution in [0.1, 0.15) is 26.4 Å². The summed E-state index contributed by atoms with van der Waals surface area (Å²) in [4.78, 5) is 33.5. The van der Waals surface area contributed by atoms with Crippen molar-refractivity contribution in [2.75, 3.05) is 0 Å². The van der Waals surface area contributed by atoms with E-state index < -0.39 is 17.2 Å². The molecule has 0 fully saturated rings. The molecule has 1 heterocycles. The van der Waals surface area contributed by atoms with E-state index in [0.717, 1.165) is 0 Å². The van der Waals surface area contributed by atoms with Gasteiger partial charge in [-0.15, -0.1) is 0 Å². The molecule has 0 radical (unpaired) electrons. The van der Waals surface area contributed by atoms with E-state index in [1.165, 1.54) is 24.7 Å². The SMILES string of the molecule is Cc1c(C(N)=O)n(C)cc(C(N)=O)c1=O. The molecule has 0 aliphatic rings. The van der Waals surface area contributed by atoms with Gasteiger partial charge in [-0.3, -0.25) is 14.4 Å². The molecule has 0 spiro atoms. The third kappa shape index (κ3) is 1.74. The first-order valence-corrected chi connectivity index (χ1v) is 4.16. The summed E-state index contributed by atoms with van der Waals surface area (Å²) >= 11 is 0. The highest BCUT2D eigenvalue weighted by molar-refractivity contribution is 5.96. The standard InChI is InChI=1S/C9H11N3O3/c1-4-6(9(11)15)12(2)3-5(7(4)13)8(10)14/h3H,1-2H3,(H2,10,14)(H2,11,15). The van der Waals surface area contributed by atoms with Crippen molar-refractivity contribution >= 4 is 11.8 Å². The number of aromatic nitrogens is 1. The Morgan fingerprint density at radius 3 is 2.20 bits per heavy atom. The fraction of sp³-hybridized carbons (Fsp3) is 0.222. The monoisotopic (exact) mass is 209 g/mol. The lowest BCUT2D eigenvalue weighted by Gasteiger charge is -2.09.